The zero-order chi connectivity index (χ0) is 31.7. The summed E-state index contributed by atoms with van der Waals surface area (Å²) in [5, 5.41) is 8.72. The Labute approximate surface area is 261 Å². The summed E-state index contributed by atoms with van der Waals surface area (Å²) in [6, 6.07) is 20.2. The van der Waals surface area contributed by atoms with Crippen LogP contribution in [0, 0.1) is 0 Å². The molecule has 0 saturated heterocycles. The van der Waals surface area contributed by atoms with E-state index in [1.165, 1.54) is 0 Å². The lowest BCUT2D eigenvalue weighted by atomic mass is 9.91. The quantitative estimate of drug-likeness (QED) is 0.187. The van der Waals surface area contributed by atoms with E-state index in [1.54, 1.807) is 61.7 Å². The average Bonchev–Trinajstić information content (AvgIpc) is 3.01. The molecule has 0 atom stereocenters. The molecule has 1 saturated carbocycles. The van der Waals surface area contributed by atoms with Crippen molar-refractivity contribution >= 4 is 23.3 Å². The summed E-state index contributed by atoms with van der Waals surface area (Å²) >= 11 is 0. The Balaban J connectivity index is 1.28. The van der Waals surface area contributed by atoms with Gasteiger partial charge < -0.3 is 34.6 Å². The lowest BCUT2D eigenvalue weighted by molar-refractivity contribution is -0.897. The highest BCUT2D eigenvalue weighted by atomic mass is 16.5. The summed E-state index contributed by atoms with van der Waals surface area (Å²) in [5.74, 6) is 2.14. The molecule has 3 aromatic rings. The first kappa shape index (κ1) is 32.7. The third-order valence-corrected chi connectivity index (χ3v) is 8.24. The Morgan fingerprint density at radius 2 is 1.41 bits per heavy atom. The molecule has 1 aliphatic rings. The number of carbonyl (C=O) groups excluding carboxylic acids is 2. The van der Waals surface area contributed by atoms with E-state index in [1.807, 2.05) is 26.0 Å². The van der Waals surface area contributed by atoms with Gasteiger partial charge >= 0.3 is 6.03 Å². The number of amides is 3. The van der Waals surface area contributed by atoms with Crippen LogP contribution in [0.4, 0.5) is 16.2 Å². The van der Waals surface area contributed by atoms with Gasteiger partial charge in [-0.3, -0.25) is 4.79 Å². The molecule has 44 heavy (non-hydrogen) atoms. The standard InChI is InChI=1S/C35H46N4O5/c1-7-25(8-2)37-35(41)38-27-13-22-32(33(23-27)42-6)44-31-18-11-26(12-19-31)36-34(40)24-9-16-29(17-10-24)43-30-20-14-28(15-21-30)39(3,4)5/h9-13,16-19,22-23,25,28,30H,7-8,14-15,20-21H2,1-6H3,(H2-,36,37,38,40,41)/p+1. The summed E-state index contributed by atoms with van der Waals surface area (Å²) in [5.41, 5.74) is 1.79. The third-order valence-electron chi connectivity index (χ3n) is 8.24. The smallest absolute Gasteiger partial charge is 0.319 e. The van der Waals surface area contributed by atoms with E-state index in [-0.39, 0.29) is 24.1 Å². The first-order valence-corrected chi connectivity index (χ1v) is 15.5. The largest absolute Gasteiger partial charge is 0.493 e. The molecule has 1 aliphatic carbocycles. The summed E-state index contributed by atoms with van der Waals surface area (Å²) in [6.07, 6.45) is 6.37. The highest BCUT2D eigenvalue weighted by Gasteiger charge is 2.30. The number of methoxy groups -OCH3 is 1. The van der Waals surface area contributed by atoms with Crippen molar-refractivity contribution in [1.82, 2.24) is 5.32 Å². The van der Waals surface area contributed by atoms with Crippen molar-refractivity contribution in [2.45, 2.75) is 70.6 Å². The fourth-order valence-corrected chi connectivity index (χ4v) is 5.43. The van der Waals surface area contributed by atoms with Crippen molar-refractivity contribution < 1.29 is 28.3 Å². The number of anilines is 2. The fourth-order valence-electron chi connectivity index (χ4n) is 5.43. The topological polar surface area (TPSA) is 97.9 Å². The maximum atomic E-state index is 12.9. The molecular weight excluding hydrogens is 556 g/mol. The molecule has 9 nitrogen and oxygen atoms in total. The van der Waals surface area contributed by atoms with Gasteiger partial charge in [-0.25, -0.2) is 4.79 Å². The van der Waals surface area contributed by atoms with Gasteiger partial charge in [0.2, 0.25) is 0 Å². The van der Waals surface area contributed by atoms with Crippen LogP contribution >= 0.6 is 0 Å². The number of benzene rings is 3. The Morgan fingerprint density at radius 3 is 2.00 bits per heavy atom. The molecule has 236 valence electrons. The van der Waals surface area contributed by atoms with E-state index in [0.717, 1.165) is 48.8 Å². The second-order valence-electron chi connectivity index (χ2n) is 12.2. The highest BCUT2D eigenvalue weighted by Crippen LogP contribution is 2.34. The van der Waals surface area contributed by atoms with Gasteiger partial charge in [0.15, 0.2) is 11.5 Å². The van der Waals surface area contributed by atoms with Gasteiger partial charge in [-0.15, -0.1) is 0 Å². The zero-order valence-electron chi connectivity index (χ0n) is 26.8. The van der Waals surface area contributed by atoms with Gasteiger partial charge in [-0.2, -0.15) is 0 Å². The number of nitrogens with zero attached hydrogens (tertiary/aromatic N) is 1. The Hall–Kier alpha value is -4.24. The number of quaternary nitrogens is 1. The number of carbonyl (C=O) groups is 2. The van der Waals surface area contributed by atoms with E-state index in [9.17, 15) is 9.59 Å². The number of ether oxygens (including phenoxy) is 3. The van der Waals surface area contributed by atoms with Crippen LogP contribution in [0.5, 0.6) is 23.0 Å². The predicted octanol–water partition coefficient (Wildman–Crippen LogP) is 7.45. The number of hydrogen-bond donors (Lipinski definition) is 3. The molecule has 0 unspecified atom stereocenters. The van der Waals surface area contributed by atoms with Crippen LogP contribution < -0.4 is 30.2 Å². The monoisotopic (exact) mass is 603 g/mol. The van der Waals surface area contributed by atoms with Crippen molar-refractivity contribution in [2.75, 3.05) is 38.9 Å². The minimum absolute atomic E-state index is 0.125. The normalized spacial score (nSPS) is 16.6. The van der Waals surface area contributed by atoms with Gasteiger partial charge in [0, 0.05) is 41.9 Å². The summed E-state index contributed by atoms with van der Waals surface area (Å²) < 4.78 is 18.7. The molecule has 3 amide bonds. The molecular formula is C35H47N4O5+. The SMILES string of the molecule is CCC(CC)NC(=O)Nc1ccc(Oc2ccc(NC(=O)c3ccc(OC4CCC([N+](C)(C)C)CC4)cc3)cc2)c(OC)c1. The molecule has 0 heterocycles. The van der Waals surface area contributed by atoms with E-state index in [4.69, 9.17) is 14.2 Å². The third kappa shape index (κ3) is 9.13. The van der Waals surface area contributed by atoms with Crippen LogP contribution in [0.2, 0.25) is 0 Å². The maximum absolute atomic E-state index is 12.9. The van der Waals surface area contributed by atoms with Gasteiger partial charge in [-0.1, -0.05) is 13.8 Å². The molecule has 0 aliphatic heterocycles. The average molecular weight is 604 g/mol. The van der Waals surface area contributed by atoms with Crippen LogP contribution in [0.25, 0.3) is 0 Å². The van der Waals surface area contributed by atoms with Crippen LogP contribution in [-0.4, -0.2) is 62.9 Å². The molecule has 3 aromatic carbocycles. The van der Waals surface area contributed by atoms with E-state index in [2.05, 4.69) is 37.1 Å². The minimum atomic E-state index is -0.260. The lowest BCUT2D eigenvalue weighted by Crippen LogP contribution is -2.47. The summed E-state index contributed by atoms with van der Waals surface area (Å²) in [6.45, 7) is 4.08. The molecule has 1 fully saturated rings. The Kier molecular flexibility index (Phi) is 11.1. The van der Waals surface area contributed by atoms with Gasteiger partial charge in [0.1, 0.15) is 11.5 Å². The van der Waals surface area contributed by atoms with Crippen LogP contribution in [-0.2, 0) is 0 Å². The minimum Gasteiger partial charge on any atom is -0.493 e. The second-order valence-corrected chi connectivity index (χ2v) is 12.2. The van der Waals surface area contributed by atoms with Gasteiger partial charge in [0.25, 0.3) is 5.91 Å². The van der Waals surface area contributed by atoms with Gasteiger partial charge in [0.05, 0.1) is 40.4 Å². The van der Waals surface area contributed by atoms with Crippen molar-refractivity contribution in [3.8, 4) is 23.0 Å². The van der Waals surface area contributed by atoms with E-state index >= 15 is 0 Å². The zero-order valence-corrected chi connectivity index (χ0v) is 26.8. The Bertz CT molecular complexity index is 1370. The number of nitrogens with one attached hydrogen (secondary N) is 3. The summed E-state index contributed by atoms with van der Waals surface area (Å²) in [4.78, 5) is 25.2. The van der Waals surface area contributed by atoms with E-state index < -0.39 is 0 Å². The van der Waals surface area contributed by atoms with Crippen LogP contribution in [0.3, 0.4) is 0 Å². The first-order chi connectivity index (χ1) is 21.1. The molecule has 0 aromatic heterocycles. The van der Waals surface area contributed by atoms with E-state index in [0.29, 0.717) is 40.2 Å². The number of urea groups is 1. The van der Waals surface area contributed by atoms with Crippen LogP contribution in [0.1, 0.15) is 62.7 Å². The molecule has 0 spiro atoms. The molecule has 0 radical (unpaired) electrons. The van der Waals surface area contributed by atoms with Crippen molar-refractivity contribution in [2.24, 2.45) is 0 Å². The summed E-state index contributed by atoms with van der Waals surface area (Å²) in [7, 11) is 8.32. The van der Waals surface area contributed by atoms with Crippen molar-refractivity contribution in [3.05, 3.63) is 72.3 Å². The van der Waals surface area contributed by atoms with Gasteiger partial charge in [-0.05, 0) is 86.3 Å². The van der Waals surface area contributed by atoms with Crippen molar-refractivity contribution in [1.29, 1.82) is 0 Å². The molecule has 4 rings (SSSR count). The fraction of sp³-hybridized carbons (Fsp3) is 0.429. The lowest BCUT2D eigenvalue weighted by Gasteiger charge is -2.38. The number of rotatable bonds is 12. The van der Waals surface area contributed by atoms with Crippen molar-refractivity contribution in [3.63, 3.8) is 0 Å². The second kappa shape index (κ2) is 15.0. The number of hydrogen-bond acceptors (Lipinski definition) is 5. The Morgan fingerprint density at radius 1 is 0.795 bits per heavy atom. The molecule has 0 bridgehead atoms. The van der Waals surface area contributed by atoms with Crippen LogP contribution in [0.15, 0.2) is 66.7 Å². The highest BCUT2D eigenvalue weighted by molar-refractivity contribution is 6.04. The molecule has 9 heteroatoms. The predicted molar refractivity (Wildman–Crippen MR) is 175 cm³/mol. The maximum Gasteiger partial charge on any atom is 0.319 e. The molecule has 3 N–H and O–H groups in total. The first-order valence-electron chi connectivity index (χ1n) is 15.5.